The number of para-hydroxylation sites is 2. The molecule has 3 aromatic carbocycles. The summed E-state index contributed by atoms with van der Waals surface area (Å²) in [6.45, 7) is 2.61. The average Bonchev–Trinajstić information content (AvgIpc) is 3.46. The third-order valence-electron chi connectivity index (χ3n) is 6.40. The number of furan rings is 1. The summed E-state index contributed by atoms with van der Waals surface area (Å²) < 4.78 is 5.81. The normalized spacial score (nSPS) is 13.3. The number of carbonyl (C=O) groups is 2. The van der Waals surface area contributed by atoms with E-state index in [4.69, 9.17) is 16.6 Å². The molecule has 4 aromatic rings. The van der Waals surface area contributed by atoms with Crippen LogP contribution in [0.3, 0.4) is 0 Å². The van der Waals surface area contributed by atoms with Crippen LogP contribution in [-0.2, 0) is 4.79 Å². The molecule has 1 fully saturated rings. The summed E-state index contributed by atoms with van der Waals surface area (Å²) in [5.41, 5.74) is 3.41. The molecule has 0 radical (unpaired) electrons. The van der Waals surface area contributed by atoms with E-state index in [1.807, 2.05) is 102 Å². The zero-order valence-corrected chi connectivity index (χ0v) is 22.1. The van der Waals surface area contributed by atoms with Crippen LogP contribution in [0, 0.1) is 0 Å². The van der Waals surface area contributed by atoms with Crippen molar-refractivity contribution in [3.63, 3.8) is 0 Å². The monoisotopic (exact) mass is 536 g/mol. The predicted molar refractivity (Wildman–Crippen MR) is 159 cm³/mol. The number of carbonyl (C=O) groups excluding carboxylic acids is 2. The van der Waals surface area contributed by atoms with Crippen LogP contribution in [0.2, 0.25) is 0 Å². The molecule has 0 aliphatic carbocycles. The van der Waals surface area contributed by atoms with E-state index in [-0.39, 0.29) is 16.9 Å². The van der Waals surface area contributed by atoms with Crippen LogP contribution < -0.4 is 15.5 Å². The number of amides is 2. The van der Waals surface area contributed by atoms with E-state index >= 15 is 0 Å². The Labute approximate surface area is 232 Å². The lowest BCUT2D eigenvalue weighted by atomic mass is 10.1. The Hall–Kier alpha value is -4.69. The highest BCUT2D eigenvalue weighted by molar-refractivity contribution is 7.80. The van der Waals surface area contributed by atoms with Crippen LogP contribution in [-0.4, -0.2) is 48.0 Å². The van der Waals surface area contributed by atoms with Gasteiger partial charge in [-0.1, -0.05) is 60.7 Å². The zero-order chi connectivity index (χ0) is 27.0. The van der Waals surface area contributed by atoms with Gasteiger partial charge in [0.15, 0.2) is 5.11 Å². The molecule has 196 valence electrons. The van der Waals surface area contributed by atoms with Crippen LogP contribution in [0.1, 0.15) is 16.1 Å². The topological polar surface area (TPSA) is 77.8 Å². The van der Waals surface area contributed by atoms with Gasteiger partial charge in [-0.25, -0.2) is 0 Å². The Morgan fingerprint density at radius 2 is 1.46 bits per heavy atom. The van der Waals surface area contributed by atoms with E-state index in [1.54, 1.807) is 6.08 Å². The van der Waals surface area contributed by atoms with Crippen molar-refractivity contribution in [3.8, 4) is 11.3 Å². The minimum absolute atomic E-state index is 0.0458. The maximum absolute atomic E-state index is 12.8. The molecule has 0 atom stereocenters. The van der Waals surface area contributed by atoms with Crippen LogP contribution >= 0.6 is 12.2 Å². The van der Waals surface area contributed by atoms with E-state index < -0.39 is 0 Å². The second kappa shape index (κ2) is 12.2. The number of hydrogen-bond acceptors (Lipinski definition) is 5. The summed E-state index contributed by atoms with van der Waals surface area (Å²) in [5, 5.41) is 6.03. The lowest BCUT2D eigenvalue weighted by Gasteiger charge is -2.37. The van der Waals surface area contributed by atoms with Crippen molar-refractivity contribution in [3.05, 3.63) is 114 Å². The van der Waals surface area contributed by atoms with E-state index in [0.29, 0.717) is 37.5 Å². The second-order valence-corrected chi connectivity index (χ2v) is 9.42. The van der Waals surface area contributed by atoms with Crippen LogP contribution in [0.5, 0.6) is 0 Å². The van der Waals surface area contributed by atoms with Gasteiger partial charge in [-0.3, -0.25) is 14.9 Å². The summed E-state index contributed by atoms with van der Waals surface area (Å²) in [4.78, 5) is 29.4. The predicted octanol–water partition coefficient (Wildman–Crippen LogP) is 5.44. The Balaban J connectivity index is 1.15. The van der Waals surface area contributed by atoms with Gasteiger partial charge in [-0.2, -0.15) is 0 Å². The maximum atomic E-state index is 12.8. The number of benzene rings is 3. The van der Waals surface area contributed by atoms with Crippen molar-refractivity contribution >= 4 is 46.6 Å². The molecule has 2 heterocycles. The highest BCUT2D eigenvalue weighted by Gasteiger charge is 2.23. The van der Waals surface area contributed by atoms with E-state index in [9.17, 15) is 9.59 Å². The standard InChI is InChI=1S/C31H28N4O3S/c36-29(18-16-25-15-17-28(38-25)23-9-3-1-4-10-23)33-31(39)32-26-13-7-8-14-27(26)34-19-21-35(22-20-34)30(37)24-11-5-2-6-12-24/h1-18H,19-22H2,(H2,32,33,36,39)/b18-16+. The van der Waals surface area contributed by atoms with Gasteiger partial charge in [0.1, 0.15) is 11.5 Å². The van der Waals surface area contributed by atoms with E-state index in [1.165, 1.54) is 6.08 Å². The molecule has 1 aromatic heterocycles. The minimum atomic E-state index is -0.365. The van der Waals surface area contributed by atoms with Crippen LogP contribution in [0.25, 0.3) is 17.4 Å². The smallest absolute Gasteiger partial charge is 0.253 e. The highest BCUT2D eigenvalue weighted by Crippen LogP contribution is 2.27. The maximum Gasteiger partial charge on any atom is 0.253 e. The Kier molecular flexibility index (Phi) is 8.14. The number of hydrogen-bond donors (Lipinski definition) is 2. The van der Waals surface area contributed by atoms with Crippen molar-refractivity contribution < 1.29 is 14.0 Å². The Morgan fingerprint density at radius 1 is 0.795 bits per heavy atom. The van der Waals surface area contributed by atoms with Gasteiger partial charge in [0, 0.05) is 43.4 Å². The first-order valence-corrected chi connectivity index (χ1v) is 13.1. The van der Waals surface area contributed by atoms with Crippen molar-refractivity contribution in [1.82, 2.24) is 10.2 Å². The van der Waals surface area contributed by atoms with Gasteiger partial charge >= 0.3 is 0 Å². The summed E-state index contributed by atoms with van der Waals surface area (Å²) >= 11 is 5.41. The molecule has 7 nitrogen and oxygen atoms in total. The number of nitrogens with zero attached hydrogens (tertiary/aromatic N) is 2. The summed E-state index contributed by atoms with van der Waals surface area (Å²) in [6, 6.07) is 30.6. The molecule has 0 spiro atoms. The highest BCUT2D eigenvalue weighted by atomic mass is 32.1. The third kappa shape index (κ3) is 6.61. The quantitative estimate of drug-likeness (QED) is 0.253. The molecular weight excluding hydrogens is 508 g/mol. The number of piperazine rings is 1. The molecule has 0 unspecified atom stereocenters. The summed E-state index contributed by atoms with van der Waals surface area (Å²) in [7, 11) is 0. The molecular formula is C31H28N4O3S. The van der Waals surface area contributed by atoms with Gasteiger partial charge in [0.2, 0.25) is 5.91 Å². The lowest BCUT2D eigenvalue weighted by molar-refractivity contribution is -0.115. The minimum Gasteiger partial charge on any atom is -0.457 e. The van der Waals surface area contributed by atoms with Gasteiger partial charge < -0.3 is 19.5 Å². The molecule has 1 aliphatic heterocycles. The number of rotatable bonds is 6. The first kappa shape index (κ1) is 25.9. The van der Waals surface area contributed by atoms with E-state index in [2.05, 4.69) is 15.5 Å². The Bertz CT molecular complexity index is 1480. The second-order valence-electron chi connectivity index (χ2n) is 9.01. The van der Waals surface area contributed by atoms with Crippen molar-refractivity contribution in [2.45, 2.75) is 0 Å². The lowest BCUT2D eigenvalue weighted by Crippen LogP contribution is -2.49. The molecule has 2 amide bonds. The van der Waals surface area contributed by atoms with Gasteiger partial charge in [0.25, 0.3) is 5.91 Å². The molecule has 8 heteroatoms. The molecule has 0 bridgehead atoms. The van der Waals surface area contributed by atoms with Gasteiger partial charge in [-0.15, -0.1) is 0 Å². The summed E-state index contributed by atoms with van der Waals surface area (Å²) in [6.07, 6.45) is 2.99. The molecule has 1 saturated heterocycles. The molecule has 1 aliphatic rings. The van der Waals surface area contributed by atoms with Crippen LogP contribution in [0.15, 0.2) is 108 Å². The fourth-order valence-electron chi connectivity index (χ4n) is 4.43. The SMILES string of the molecule is O=C(/C=C/c1ccc(-c2ccccc2)o1)NC(=S)Nc1ccccc1N1CCN(C(=O)c2ccccc2)CC1. The fraction of sp³-hybridized carbons (Fsp3) is 0.129. The van der Waals surface area contributed by atoms with Crippen LogP contribution in [0.4, 0.5) is 11.4 Å². The molecule has 5 rings (SSSR count). The van der Waals surface area contributed by atoms with Gasteiger partial charge in [-0.05, 0) is 54.7 Å². The van der Waals surface area contributed by atoms with E-state index in [0.717, 1.165) is 22.7 Å². The average molecular weight is 537 g/mol. The number of nitrogens with one attached hydrogen (secondary N) is 2. The van der Waals surface area contributed by atoms with Crippen molar-refractivity contribution in [2.24, 2.45) is 0 Å². The molecule has 2 N–H and O–H groups in total. The fourth-order valence-corrected chi connectivity index (χ4v) is 4.64. The van der Waals surface area contributed by atoms with Crippen molar-refractivity contribution in [1.29, 1.82) is 0 Å². The largest absolute Gasteiger partial charge is 0.457 e. The first-order valence-electron chi connectivity index (χ1n) is 12.7. The molecule has 39 heavy (non-hydrogen) atoms. The van der Waals surface area contributed by atoms with Crippen molar-refractivity contribution in [2.75, 3.05) is 36.4 Å². The zero-order valence-electron chi connectivity index (χ0n) is 21.2. The van der Waals surface area contributed by atoms with Gasteiger partial charge in [0.05, 0.1) is 11.4 Å². The Morgan fingerprint density at radius 3 is 2.21 bits per heavy atom. The third-order valence-corrected chi connectivity index (χ3v) is 6.61. The molecule has 0 saturated carbocycles. The first-order chi connectivity index (χ1) is 19.1. The number of anilines is 2. The number of thiocarbonyl (C=S) groups is 1. The summed E-state index contributed by atoms with van der Waals surface area (Å²) in [5.74, 6) is 0.980.